The van der Waals surface area contributed by atoms with Gasteiger partial charge >= 0.3 is 7.82 Å². The Morgan fingerprint density at radius 1 is 1.20 bits per heavy atom. The fourth-order valence-electron chi connectivity index (χ4n) is 0.250. The molecule has 0 aromatic heterocycles. The number of rotatable bonds is 2. The van der Waals surface area contributed by atoms with Crippen LogP contribution < -0.4 is 0 Å². The SMILES string of the molecule is CCPCC.O=P(O)(O)O. The van der Waals surface area contributed by atoms with Gasteiger partial charge in [0.1, 0.15) is 0 Å². The third kappa shape index (κ3) is 75.3. The standard InChI is InChI=1S/C4H11P.H3O4P/c1-3-5-4-2;1-5(2,3)4/h5H,3-4H2,1-2H3;(H3,1,2,3,4). The van der Waals surface area contributed by atoms with Crippen molar-refractivity contribution in [2.45, 2.75) is 13.8 Å². The zero-order valence-electron chi connectivity index (χ0n) is 6.11. The van der Waals surface area contributed by atoms with E-state index in [4.69, 9.17) is 19.2 Å². The van der Waals surface area contributed by atoms with Crippen LogP contribution in [0.15, 0.2) is 0 Å². The van der Waals surface area contributed by atoms with Crippen molar-refractivity contribution in [1.82, 2.24) is 0 Å². The summed E-state index contributed by atoms with van der Waals surface area (Å²) in [5.74, 6) is 0. The third-order valence-electron chi connectivity index (χ3n) is 0.500. The van der Waals surface area contributed by atoms with Crippen LogP contribution in [-0.4, -0.2) is 27.0 Å². The van der Waals surface area contributed by atoms with E-state index in [0.717, 1.165) is 0 Å². The Morgan fingerprint density at radius 2 is 1.40 bits per heavy atom. The van der Waals surface area contributed by atoms with Gasteiger partial charge in [-0.3, -0.25) is 0 Å². The first-order valence-electron chi connectivity index (χ1n) is 2.90. The van der Waals surface area contributed by atoms with Gasteiger partial charge in [0.05, 0.1) is 0 Å². The van der Waals surface area contributed by atoms with Crippen molar-refractivity contribution in [2.75, 3.05) is 12.3 Å². The Labute approximate surface area is 62.7 Å². The maximum absolute atomic E-state index is 8.88. The average Bonchev–Trinajstić information content (AvgIpc) is 1.63. The monoisotopic (exact) mass is 188 g/mol. The summed E-state index contributed by atoms with van der Waals surface area (Å²) in [4.78, 5) is 21.6. The lowest BCUT2D eigenvalue weighted by Crippen LogP contribution is -1.66. The van der Waals surface area contributed by atoms with Crippen molar-refractivity contribution in [3.05, 3.63) is 0 Å². The van der Waals surface area contributed by atoms with E-state index in [0.29, 0.717) is 0 Å². The van der Waals surface area contributed by atoms with Crippen molar-refractivity contribution in [2.24, 2.45) is 0 Å². The van der Waals surface area contributed by atoms with E-state index in [9.17, 15) is 0 Å². The molecule has 0 rings (SSSR count). The van der Waals surface area contributed by atoms with E-state index in [2.05, 4.69) is 13.8 Å². The van der Waals surface area contributed by atoms with Gasteiger partial charge in [0, 0.05) is 0 Å². The quantitative estimate of drug-likeness (QED) is 0.559. The fraction of sp³-hybridized carbons (Fsp3) is 1.00. The molecule has 0 spiro atoms. The smallest absolute Gasteiger partial charge is 0.303 e. The first-order chi connectivity index (χ1) is 4.41. The molecular formula is C4H14O4P2. The lowest BCUT2D eigenvalue weighted by molar-refractivity contribution is 0.275. The zero-order valence-corrected chi connectivity index (χ0v) is 8.01. The minimum atomic E-state index is -4.64. The topological polar surface area (TPSA) is 77.8 Å². The molecule has 0 fully saturated rings. The molecule has 0 saturated carbocycles. The molecule has 0 radical (unpaired) electrons. The van der Waals surface area contributed by atoms with Crippen molar-refractivity contribution in [3.8, 4) is 0 Å². The summed E-state index contributed by atoms with van der Waals surface area (Å²) in [5.41, 5.74) is 0. The second-order valence-electron chi connectivity index (χ2n) is 1.47. The van der Waals surface area contributed by atoms with Gasteiger partial charge in [-0.1, -0.05) is 13.8 Å². The fourth-order valence-corrected chi connectivity index (χ4v) is 0.750. The molecule has 0 aromatic rings. The summed E-state index contributed by atoms with van der Waals surface area (Å²) < 4.78 is 8.88. The van der Waals surface area contributed by atoms with Gasteiger partial charge in [-0.05, 0) is 12.3 Å². The second kappa shape index (κ2) is 7.64. The molecule has 0 aliphatic rings. The summed E-state index contributed by atoms with van der Waals surface area (Å²) >= 11 is 0. The summed E-state index contributed by atoms with van der Waals surface area (Å²) in [6, 6.07) is 0. The zero-order chi connectivity index (χ0) is 8.62. The van der Waals surface area contributed by atoms with Gasteiger partial charge in [-0.15, -0.1) is 8.58 Å². The molecule has 10 heavy (non-hydrogen) atoms. The van der Waals surface area contributed by atoms with E-state index >= 15 is 0 Å². The molecule has 0 heterocycles. The van der Waals surface area contributed by atoms with Gasteiger partial charge in [-0.25, -0.2) is 4.57 Å². The molecule has 0 amide bonds. The first kappa shape index (κ1) is 13.2. The summed E-state index contributed by atoms with van der Waals surface area (Å²) in [6.45, 7) is 4.45. The lowest BCUT2D eigenvalue weighted by Gasteiger charge is -1.82. The lowest BCUT2D eigenvalue weighted by atomic mass is 11.0. The van der Waals surface area contributed by atoms with E-state index in [1.54, 1.807) is 0 Å². The maximum Gasteiger partial charge on any atom is 0.466 e. The highest BCUT2D eigenvalue weighted by molar-refractivity contribution is 7.45. The Bertz CT molecular complexity index is 89.2. The highest BCUT2D eigenvalue weighted by Crippen LogP contribution is 2.25. The highest BCUT2D eigenvalue weighted by atomic mass is 31.2. The normalized spacial score (nSPS) is 10.1. The van der Waals surface area contributed by atoms with Crippen LogP contribution in [0.2, 0.25) is 0 Å². The molecule has 0 aliphatic carbocycles. The van der Waals surface area contributed by atoms with Crippen LogP contribution in [0.25, 0.3) is 0 Å². The van der Waals surface area contributed by atoms with Crippen molar-refractivity contribution in [1.29, 1.82) is 0 Å². The molecular weight excluding hydrogens is 174 g/mol. The summed E-state index contributed by atoms with van der Waals surface area (Å²) in [7, 11) is -3.44. The molecule has 0 bridgehead atoms. The highest BCUT2D eigenvalue weighted by Gasteiger charge is 2.00. The van der Waals surface area contributed by atoms with Gasteiger partial charge in [-0.2, -0.15) is 0 Å². The van der Waals surface area contributed by atoms with Gasteiger partial charge in [0.2, 0.25) is 0 Å². The minimum Gasteiger partial charge on any atom is -0.303 e. The molecule has 4 nitrogen and oxygen atoms in total. The predicted molar refractivity (Wildman–Crippen MR) is 43.7 cm³/mol. The van der Waals surface area contributed by atoms with E-state index < -0.39 is 7.82 Å². The minimum absolute atomic E-state index is 1.20. The maximum atomic E-state index is 8.88. The Hall–Kier alpha value is 0.540. The second-order valence-corrected chi connectivity index (χ2v) is 4.41. The van der Waals surface area contributed by atoms with Crippen LogP contribution in [0.5, 0.6) is 0 Å². The van der Waals surface area contributed by atoms with Crippen LogP contribution in [0.4, 0.5) is 0 Å². The van der Waals surface area contributed by atoms with Gasteiger partial charge in [0.25, 0.3) is 0 Å². The van der Waals surface area contributed by atoms with Crippen LogP contribution in [0, 0.1) is 0 Å². The van der Waals surface area contributed by atoms with Crippen LogP contribution in [-0.2, 0) is 4.57 Å². The van der Waals surface area contributed by atoms with Gasteiger partial charge in [0.15, 0.2) is 0 Å². The number of phosphoric acid groups is 1. The Morgan fingerprint density at radius 3 is 1.40 bits per heavy atom. The molecule has 0 aliphatic heterocycles. The summed E-state index contributed by atoms with van der Waals surface area (Å²) in [6.07, 6.45) is 2.74. The largest absolute Gasteiger partial charge is 0.466 e. The van der Waals surface area contributed by atoms with E-state index in [1.807, 2.05) is 0 Å². The van der Waals surface area contributed by atoms with Crippen LogP contribution in [0.1, 0.15) is 13.8 Å². The third-order valence-corrected chi connectivity index (χ3v) is 1.50. The molecule has 0 atom stereocenters. The predicted octanol–water partition coefficient (Wildman–Crippen LogP) is 0.776. The molecule has 0 unspecified atom stereocenters. The van der Waals surface area contributed by atoms with Crippen LogP contribution >= 0.6 is 16.4 Å². The number of hydrogen-bond donors (Lipinski definition) is 3. The van der Waals surface area contributed by atoms with E-state index in [-0.39, 0.29) is 0 Å². The molecule has 0 aromatic carbocycles. The van der Waals surface area contributed by atoms with Gasteiger partial charge < -0.3 is 14.7 Å². The molecule has 3 N–H and O–H groups in total. The molecule has 64 valence electrons. The van der Waals surface area contributed by atoms with Crippen LogP contribution in [0.3, 0.4) is 0 Å². The van der Waals surface area contributed by atoms with Crippen molar-refractivity contribution in [3.63, 3.8) is 0 Å². The summed E-state index contributed by atoms with van der Waals surface area (Å²) in [5, 5.41) is 0. The van der Waals surface area contributed by atoms with Crippen molar-refractivity contribution >= 4 is 16.4 Å². The molecule has 0 saturated heterocycles. The van der Waals surface area contributed by atoms with E-state index in [1.165, 1.54) is 20.9 Å². The number of hydrogen-bond acceptors (Lipinski definition) is 1. The van der Waals surface area contributed by atoms with Crippen molar-refractivity contribution < 1.29 is 19.2 Å². The average molecular weight is 188 g/mol. The molecule has 6 heteroatoms. The first-order valence-corrected chi connectivity index (χ1v) is 5.88. The Balaban J connectivity index is 0. The Kier molecular flexibility index (Phi) is 10.1.